The van der Waals surface area contributed by atoms with Crippen LogP contribution in [0.3, 0.4) is 0 Å². The molecule has 16 heavy (non-hydrogen) atoms. The van der Waals surface area contributed by atoms with Crippen molar-refractivity contribution in [2.45, 2.75) is 64.8 Å². The zero-order valence-electron chi connectivity index (χ0n) is 11.5. The van der Waals surface area contributed by atoms with E-state index < -0.39 is 0 Å². The third-order valence-electron chi connectivity index (χ3n) is 3.87. The summed E-state index contributed by atoms with van der Waals surface area (Å²) in [6, 6.07) is 0. The second-order valence-electron chi connectivity index (χ2n) is 5.91. The molecule has 1 rings (SSSR count). The van der Waals surface area contributed by atoms with Crippen LogP contribution < -0.4 is 5.73 Å². The Balaban J connectivity index is 2.33. The Hall–Kier alpha value is -0.0800. The summed E-state index contributed by atoms with van der Waals surface area (Å²) in [5, 5.41) is 0. The molecule has 2 nitrogen and oxygen atoms in total. The topological polar surface area (TPSA) is 29.3 Å². The molecule has 96 valence electrons. The Morgan fingerprint density at radius 2 is 2.12 bits per heavy atom. The van der Waals surface area contributed by atoms with Crippen LogP contribution in [-0.4, -0.2) is 30.1 Å². The molecule has 1 aliphatic heterocycles. The summed E-state index contributed by atoms with van der Waals surface area (Å²) < 4.78 is 0. The molecule has 0 amide bonds. The summed E-state index contributed by atoms with van der Waals surface area (Å²) in [5.74, 6) is 0.883. The smallest absolute Gasteiger partial charge is 0.0255 e. The molecule has 0 aromatic heterocycles. The predicted molar refractivity (Wildman–Crippen MR) is 71.6 cm³/mol. The molecule has 2 N–H and O–H groups in total. The highest BCUT2D eigenvalue weighted by Crippen LogP contribution is 2.21. The largest absolute Gasteiger partial charge is 0.324 e. The molecule has 0 aliphatic carbocycles. The molecule has 1 heterocycles. The SMILES string of the molecule is CCCCC(CC)CN1CCCC(C)(N)C1. The van der Waals surface area contributed by atoms with E-state index in [9.17, 15) is 0 Å². The van der Waals surface area contributed by atoms with Gasteiger partial charge in [-0.15, -0.1) is 0 Å². The van der Waals surface area contributed by atoms with Gasteiger partial charge in [0.1, 0.15) is 0 Å². The lowest BCUT2D eigenvalue weighted by atomic mass is 9.90. The van der Waals surface area contributed by atoms with E-state index in [1.807, 2.05) is 0 Å². The van der Waals surface area contributed by atoms with Gasteiger partial charge in [0.15, 0.2) is 0 Å². The highest BCUT2D eigenvalue weighted by molar-refractivity contribution is 4.87. The van der Waals surface area contributed by atoms with Crippen LogP contribution in [0.1, 0.15) is 59.3 Å². The van der Waals surface area contributed by atoms with Crippen molar-refractivity contribution < 1.29 is 0 Å². The number of unbranched alkanes of at least 4 members (excludes halogenated alkanes) is 1. The van der Waals surface area contributed by atoms with E-state index in [1.165, 1.54) is 51.6 Å². The van der Waals surface area contributed by atoms with Gasteiger partial charge in [-0.2, -0.15) is 0 Å². The van der Waals surface area contributed by atoms with Gasteiger partial charge in [0, 0.05) is 18.6 Å². The zero-order valence-corrected chi connectivity index (χ0v) is 11.5. The first-order chi connectivity index (χ1) is 7.57. The molecule has 1 aliphatic rings. The van der Waals surface area contributed by atoms with Gasteiger partial charge in [-0.25, -0.2) is 0 Å². The number of likely N-dealkylation sites (tertiary alicyclic amines) is 1. The molecule has 0 aromatic rings. The van der Waals surface area contributed by atoms with E-state index in [0.717, 1.165) is 12.5 Å². The van der Waals surface area contributed by atoms with Crippen molar-refractivity contribution >= 4 is 0 Å². The molecule has 0 radical (unpaired) electrons. The molecular formula is C14H30N2. The Kier molecular flexibility index (Phi) is 5.77. The van der Waals surface area contributed by atoms with E-state index in [4.69, 9.17) is 5.73 Å². The summed E-state index contributed by atoms with van der Waals surface area (Å²) in [6.07, 6.45) is 7.88. The first-order valence-electron chi connectivity index (χ1n) is 7.08. The van der Waals surface area contributed by atoms with Crippen LogP contribution in [-0.2, 0) is 0 Å². The number of piperidine rings is 1. The summed E-state index contributed by atoms with van der Waals surface area (Å²) >= 11 is 0. The number of hydrogen-bond donors (Lipinski definition) is 1. The van der Waals surface area contributed by atoms with Crippen molar-refractivity contribution in [1.29, 1.82) is 0 Å². The number of nitrogens with zero attached hydrogens (tertiary/aromatic N) is 1. The van der Waals surface area contributed by atoms with Gasteiger partial charge in [-0.1, -0.05) is 33.1 Å². The van der Waals surface area contributed by atoms with Crippen molar-refractivity contribution in [3.8, 4) is 0 Å². The molecule has 1 saturated heterocycles. The molecule has 1 fully saturated rings. The van der Waals surface area contributed by atoms with Crippen molar-refractivity contribution in [3.63, 3.8) is 0 Å². The van der Waals surface area contributed by atoms with Gasteiger partial charge in [-0.05, 0) is 38.6 Å². The fourth-order valence-electron chi connectivity index (χ4n) is 2.81. The van der Waals surface area contributed by atoms with Gasteiger partial charge in [0.05, 0.1) is 0 Å². The van der Waals surface area contributed by atoms with Crippen molar-refractivity contribution in [1.82, 2.24) is 4.90 Å². The van der Waals surface area contributed by atoms with Gasteiger partial charge < -0.3 is 10.6 Å². The third kappa shape index (κ3) is 4.84. The minimum absolute atomic E-state index is 0.0568. The zero-order chi connectivity index (χ0) is 12.0. The number of rotatable bonds is 6. The normalized spacial score (nSPS) is 29.2. The van der Waals surface area contributed by atoms with Crippen LogP contribution in [0.4, 0.5) is 0 Å². The minimum atomic E-state index is 0.0568. The van der Waals surface area contributed by atoms with E-state index in [1.54, 1.807) is 0 Å². The van der Waals surface area contributed by atoms with Crippen LogP contribution in [0, 0.1) is 5.92 Å². The monoisotopic (exact) mass is 226 g/mol. The van der Waals surface area contributed by atoms with E-state index in [-0.39, 0.29) is 5.54 Å². The molecule has 0 spiro atoms. The van der Waals surface area contributed by atoms with Gasteiger partial charge in [0.25, 0.3) is 0 Å². The molecule has 2 unspecified atom stereocenters. The minimum Gasteiger partial charge on any atom is -0.324 e. The third-order valence-corrected chi connectivity index (χ3v) is 3.87. The highest BCUT2D eigenvalue weighted by Gasteiger charge is 2.27. The summed E-state index contributed by atoms with van der Waals surface area (Å²) in [7, 11) is 0. The Bertz CT molecular complexity index is 189. The lowest BCUT2D eigenvalue weighted by Gasteiger charge is -2.39. The molecule has 0 saturated carbocycles. The van der Waals surface area contributed by atoms with E-state index >= 15 is 0 Å². The van der Waals surface area contributed by atoms with Crippen LogP contribution >= 0.6 is 0 Å². The van der Waals surface area contributed by atoms with Gasteiger partial charge in [0.2, 0.25) is 0 Å². The van der Waals surface area contributed by atoms with Gasteiger partial charge in [-0.3, -0.25) is 0 Å². The van der Waals surface area contributed by atoms with E-state index in [0.29, 0.717) is 0 Å². The molecule has 0 aromatic carbocycles. The van der Waals surface area contributed by atoms with E-state index in [2.05, 4.69) is 25.7 Å². The molecule has 2 atom stereocenters. The highest BCUT2D eigenvalue weighted by atomic mass is 15.2. The van der Waals surface area contributed by atoms with Crippen LogP contribution in [0.15, 0.2) is 0 Å². The average molecular weight is 226 g/mol. The van der Waals surface area contributed by atoms with Crippen LogP contribution in [0.5, 0.6) is 0 Å². The first-order valence-corrected chi connectivity index (χ1v) is 7.08. The second kappa shape index (κ2) is 6.61. The Morgan fingerprint density at radius 1 is 1.38 bits per heavy atom. The summed E-state index contributed by atoms with van der Waals surface area (Å²) in [4.78, 5) is 2.59. The number of hydrogen-bond acceptors (Lipinski definition) is 2. The van der Waals surface area contributed by atoms with Crippen molar-refractivity contribution in [3.05, 3.63) is 0 Å². The maximum absolute atomic E-state index is 6.24. The predicted octanol–water partition coefficient (Wildman–Crippen LogP) is 3.02. The second-order valence-corrected chi connectivity index (χ2v) is 5.91. The molecule has 2 heteroatoms. The average Bonchev–Trinajstić information content (AvgIpc) is 2.22. The quantitative estimate of drug-likeness (QED) is 0.754. The summed E-state index contributed by atoms with van der Waals surface area (Å²) in [5.41, 5.74) is 6.30. The maximum Gasteiger partial charge on any atom is 0.0255 e. The van der Waals surface area contributed by atoms with Crippen molar-refractivity contribution in [2.24, 2.45) is 11.7 Å². The lowest BCUT2D eigenvalue weighted by molar-refractivity contribution is 0.135. The molecular weight excluding hydrogens is 196 g/mol. The van der Waals surface area contributed by atoms with Crippen LogP contribution in [0.2, 0.25) is 0 Å². The van der Waals surface area contributed by atoms with Gasteiger partial charge >= 0.3 is 0 Å². The lowest BCUT2D eigenvalue weighted by Crippen LogP contribution is -2.52. The maximum atomic E-state index is 6.24. The van der Waals surface area contributed by atoms with Crippen molar-refractivity contribution in [2.75, 3.05) is 19.6 Å². The fraction of sp³-hybridized carbons (Fsp3) is 1.00. The van der Waals surface area contributed by atoms with Crippen LogP contribution in [0.25, 0.3) is 0 Å². The number of nitrogens with two attached hydrogens (primary N) is 1. The standard InChI is InChI=1S/C14H30N2/c1-4-6-8-13(5-2)11-16-10-7-9-14(3,15)12-16/h13H,4-12,15H2,1-3H3. The first kappa shape index (κ1) is 14.0. The summed E-state index contributed by atoms with van der Waals surface area (Å²) in [6.45, 7) is 10.4. The Morgan fingerprint density at radius 3 is 2.69 bits per heavy atom. The molecule has 0 bridgehead atoms. The fourth-order valence-corrected chi connectivity index (χ4v) is 2.81. The Labute approximate surface area is 102 Å².